The molecule has 110 valence electrons. The van der Waals surface area contributed by atoms with E-state index in [0.717, 1.165) is 49.4 Å². The third-order valence-electron chi connectivity index (χ3n) is 4.45. The quantitative estimate of drug-likeness (QED) is 0.901. The van der Waals surface area contributed by atoms with E-state index in [1.807, 2.05) is 6.20 Å². The van der Waals surface area contributed by atoms with E-state index >= 15 is 0 Å². The molecule has 0 saturated carbocycles. The van der Waals surface area contributed by atoms with E-state index in [9.17, 15) is 0 Å². The fraction of sp³-hybridized carbons (Fsp3) is 0.750. The van der Waals surface area contributed by atoms with Crippen LogP contribution in [0.1, 0.15) is 62.7 Å². The summed E-state index contributed by atoms with van der Waals surface area (Å²) in [7, 11) is 0. The van der Waals surface area contributed by atoms with Crippen molar-refractivity contribution in [2.45, 2.75) is 64.5 Å². The summed E-state index contributed by atoms with van der Waals surface area (Å²) < 4.78 is 5.78. The van der Waals surface area contributed by atoms with Gasteiger partial charge >= 0.3 is 0 Å². The van der Waals surface area contributed by atoms with Crippen molar-refractivity contribution in [3.05, 3.63) is 23.3 Å². The molecule has 4 nitrogen and oxygen atoms in total. The number of fused-ring (bicyclic) bond motifs is 1. The molecule has 2 aliphatic rings. The zero-order chi connectivity index (χ0) is 14.2. The second-order valence-corrected chi connectivity index (χ2v) is 7.03. The maximum atomic E-state index is 6.25. The first-order valence-corrected chi connectivity index (χ1v) is 7.75. The average molecular weight is 275 g/mol. The van der Waals surface area contributed by atoms with E-state index in [0.29, 0.717) is 6.10 Å². The zero-order valence-corrected chi connectivity index (χ0v) is 12.6. The molecule has 0 bridgehead atoms. The Morgan fingerprint density at radius 1 is 1.40 bits per heavy atom. The first-order chi connectivity index (χ1) is 9.53. The topological polar surface area (TPSA) is 61.0 Å². The molecule has 1 saturated heterocycles. The van der Waals surface area contributed by atoms with Gasteiger partial charge in [0.05, 0.1) is 6.10 Å². The number of ether oxygens (including phenoxy) is 1. The molecule has 2 unspecified atom stereocenters. The monoisotopic (exact) mass is 275 g/mol. The van der Waals surface area contributed by atoms with Gasteiger partial charge in [0.2, 0.25) is 0 Å². The minimum Gasteiger partial charge on any atom is -0.378 e. The molecular weight excluding hydrogens is 250 g/mol. The summed E-state index contributed by atoms with van der Waals surface area (Å²) >= 11 is 0. The molecule has 1 aromatic heterocycles. The van der Waals surface area contributed by atoms with Gasteiger partial charge < -0.3 is 10.5 Å². The van der Waals surface area contributed by atoms with Crippen molar-refractivity contribution in [1.29, 1.82) is 0 Å². The van der Waals surface area contributed by atoms with Crippen LogP contribution in [0.4, 0.5) is 0 Å². The summed E-state index contributed by atoms with van der Waals surface area (Å²) in [4.78, 5) is 9.30. The van der Waals surface area contributed by atoms with Crippen molar-refractivity contribution in [3.63, 3.8) is 0 Å². The Morgan fingerprint density at radius 3 is 3.00 bits per heavy atom. The van der Waals surface area contributed by atoms with Gasteiger partial charge in [-0.1, -0.05) is 13.8 Å². The Bertz CT molecular complexity index is 481. The Morgan fingerprint density at radius 2 is 2.25 bits per heavy atom. The molecule has 1 fully saturated rings. The van der Waals surface area contributed by atoms with Gasteiger partial charge in [0.25, 0.3) is 0 Å². The summed E-state index contributed by atoms with van der Waals surface area (Å²) in [5.41, 5.74) is 8.77. The molecule has 4 heteroatoms. The van der Waals surface area contributed by atoms with Gasteiger partial charge in [-0.05, 0) is 37.5 Å². The number of rotatable bonds is 2. The molecule has 0 radical (unpaired) electrons. The third-order valence-corrected chi connectivity index (χ3v) is 4.45. The lowest BCUT2D eigenvalue weighted by Gasteiger charge is -2.34. The fourth-order valence-corrected chi connectivity index (χ4v) is 3.42. The number of nitrogens with zero attached hydrogens (tertiary/aromatic N) is 2. The number of hydrogen-bond donors (Lipinski definition) is 1. The lowest BCUT2D eigenvalue weighted by atomic mass is 9.74. The molecule has 0 aromatic carbocycles. The fourth-order valence-electron chi connectivity index (χ4n) is 3.42. The molecule has 1 aliphatic heterocycles. The molecule has 2 N–H and O–H groups in total. The predicted octanol–water partition coefficient (Wildman–Crippen LogP) is 2.56. The van der Waals surface area contributed by atoms with E-state index in [2.05, 4.69) is 18.8 Å². The van der Waals surface area contributed by atoms with Gasteiger partial charge in [0.1, 0.15) is 5.82 Å². The molecule has 3 rings (SSSR count). The third kappa shape index (κ3) is 3.01. The van der Waals surface area contributed by atoms with Crippen LogP contribution in [0.5, 0.6) is 0 Å². The van der Waals surface area contributed by atoms with E-state index in [1.54, 1.807) is 0 Å². The van der Waals surface area contributed by atoms with Gasteiger partial charge in [-0.15, -0.1) is 0 Å². The lowest BCUT2D eigenvalue weighted by Crippen LogP contribution is -2.31. The Labute approximate surface area is 121 Å². The highest BCUT2D eigenvalue weighted by atomic mass is 16.5. The van der Waals surface area contributed by atoms with Crippen LogP contribution >= 0.6 is 0 Å². The van der Waals surface area contributed by atoms with Gasteiger partial charge in [-0.3, -0.25) is 0 Å². The van der Waals surface area contributed by atoms with Crippen LogP contribution in [-0.2, 0) is 17.6 Å². The number of nitrogens with two attached hydrogens (primary N) is 1. The summed E-state index contributed by atoms with van der Waals surface area (Å²) in [6.45, 7) is 5.41. The normalized spacial score (nSPS) is 28.9. The van der Waals surface area contributed by atoms with Gasteiger partial charge in [-0.2, -0.15) is 0 Å². The largest absolute Gasteiger partial charge is 0.378 e. The van der Waals surface area contributed by atoms with Crippen LogP contribution in [0.15, 0.2) is 6.20 Å². The molecule has 1 aliphatic carbocycles. The Kier molecular flexibility index (Phi) is 3.78. The van der Waals surface area contributed by atoms with E-state index < -0.39 is 0 Å². The molecule has 20 heavy (non-hydrogen) atoms. The van der Waals surface area contributed by atoms with Crippen LogP contribution in [0.3, 0.4) is 0 Å². The van der Waals surface area contributed by atoms with Crippen molar-refractivity contribution in [2.24, 2.45) is 11.1 Å². The summed E-state index contributed by atoms with van der Waals surface area (Å²) in [6, 6.07) is 0.0775. The van der Waals surface area contributed by atoms with E-state index in [4.69, 9.17) is 15.5 Å². The first kappa shape index (κ1) is 14.0. The van der Waals surface area contributed by atoms with Crippen molar-refractivity contribution in [2.75, 3.05) is 6.61 Å². The van der Waals surface area contributed by atoms with Crippen LogP contribution < -0.4 is 5.73 Å². The Balaban J connectivity index is 1.78. The summed E-state index contributed by atoms with van der Waals surface area (Å²) in [5.74, 6) is 0.917. The second kappa shape index (κ2) is 5.41. The molecule has 0 spiro atoms. The molecule has 2 heterocycles. The highest BCUT2D eigenvalue weighted by Gasteiger charge is 2.31. The highest BCUT2D eigenvalue weighted by molar-refractivity contribution is 5.26. The standard InChI is InChI=1S/C16H25N3O/c1-16(2)8-13(17)12-10-18-15(19-14(12)9-16)7-11-5-3-4-6-20-11/h10-11,13H,3-9,17H2,1-2H3. The molecule has 1 aromatic rings. The second-order valence-electron chi connectivity index (χ2n) is 7.03. The SMILES string of the molecule is CC1(C)Cc2nc(CC3CCCCO3)ncc2C(N)C1. The highest BCUT2D eigenvalue weighted by Crippen LogP contribution is 2.38. The van der Waals surface area contributed by atoms with Crippen LogP contribution in [0, 0.1) is 5.41 Å². The molecule has 0 amide bonds. The minimum absolute atomic E-state index is 0.0775. The van der Waals surface area contributed by atoms with Crippen LogP contribution in [0.25, 0.3) is 0 Å². The lowest BCUT2D eigenvalue weighted by molar-refractivity contribution is 0.0156. The number of aromatic nitrogens is 2. The smallest absolute Gasteiger partial charge is 0.131 e. The maximum absolute atomic E-state index is 6.25. The van der Waals surface area contributed by atoms with E-state index in [1.165, 1.54) is 12.8 Å². The van der Waals surface area contributed by atoms with Gasteiger partial charge in [0, 0.05) is 36.5 Å². The Hall–Kier alpha value is -1.00. The zero-order valence-electron chi connectivity index (χ0n) is 12.6. The summed E-state index contributed by atoms with van der Waals surface area (Å²) in [6.07, 6.45) is 8.66. The maximum Gasteiger partial charge on any atom is 0.131 e. The van der Waals surface area contributed by atoms with Crippen molar-refractivity contribution < 1.29 is 4.74 Å². The van der Waals surface area contributed by atoms with Crippen molar-refractivity contribution in [1.82, 2.24) is 9.97 Å². The first-order valence-electron chi connectivity index (χ1n) is 7.75. The minimum atomic E-state index is 0.0775. The average Bonchev–Trinajstić information content (AvgIpc) is 2.38. The van der Waals surface area contributed by atoms with Crippen LogP contribution in [0.2, 0.25) is 0 Å². The van der Waals surface area contributed by atoms with Gasteiger partial charge in [-0.25, -0.2) is 9.97 Å². The number of hydrogen-bond acceptors (Lipinski definition) is 4. The van der Waals surface area contributed by atoms with Crippen LogP contribution in [-0.4, -0.2) is 22.7 Å². The van der Waals surface area contributed by atoms with E-state index in [-0.39, 0.29) is 11.5 Å². The summed E-state index contributed by atoms with van der Waals surface area (Å²) in [5, 5.41) is 0. The van der Waals surface area contributed by atoms with Crippen molar-refractivity contribution >= 4 is 0 Å². The molecular formula is C16H25N3O. The van der Waals surface area contributed by atoms with Gasteiger partial charge in [0.15, 0.2) is 0 Å². The van der Waals surface area contributed by atoms with Crippen molar-refractivity contribution in [3.8, 4) is 0 Å². The predicted molar refractivity (Wildman–Crippen MR) is 78.4 cm³/mol. The molecule has 2 atom stereocenters.